The average Bonchev–Trinajstić information content (AvgIpc) is 2.75. The van der Waals surface area contributed by atoms with Gasteiger partial charge in [-0.15, -0.1) is 0 Å². The summed E-state index contributed by atoms with van der Waals surface area (Å²) in [5.41, 5.74) is 4.51. The number of Topliss-reactive ketones (excluding diaryl/α,β-unsaturated/α-hetero) is 1. The van der Waals surface area contributed by atoms with Gasteiger partial charge in [0.25, 0.3) is 0 Å². The Kier molecular flexibility index (Phi) is 6.49. The van der Waals surface area contributed by atoms with E-state index in [0.29, 0.717) is 39.7 Å². The molecule has 4 rings (SSSR count). The first-order chi connectivity index (χ1) is 15.0. The highest BCUT2D eigenvalue weighted by Crippen LogP contribution is 2.43. The van der Waals surface area contributed by atoms with E-state index in [0.717, 1.165) is 29.7 Å². The fourth-order valence-electron chi connectivity index (χ4n) is 4.26. The number of ketones is 1. The molecule has 160 valence electrons. The van der Waals surface area contributed by atoms with Crippen molar-refractivity contribution in [1.82, 2.24) is 5.32 Å². The highest BCUT2D eigenvalue weighted by molar-refractivity contribution is 6.42. The Morgan fingerprint density at radius 3 is 2.61 bits per heavy atom. The molecule has 0 amide bonds. The van der Waals surface area contributed by atoms with Crippen molar-refractivity contribution in [2.75, 3.05) is 6.61 Å². The predicted octanol–water partition coefficient (Wildman–Crippen LogP) is 5.75. The van der Waals surface area contributed by atoms with Crippen LogP contribution in [-0.4, -0.2) is 18.4 Å². The first-order valence-corrected chi connectivity index (χ1v) is 11.1. The third kappa shape index (κ3) is 4.56. The maximum atomic E-state index is 13.2. The molecule has 2 aromatic carbocycles. The summed E-state index contributed by atoms with van der Waals surface area (Å²) in [6.45, 7) is 2.11. The largest absolute Gasteiger partial charge is 0.462 e. The average molecular weight is 456 g/mol. The number of ether oxygens (including phenoxy) is 1. The number of esters is 1. The van der Waals surface area contributed by atoms with Crippen molar-refractivity contribution >= 4 is 35.0 Å². The van der Waals surface area contributed by atoms with Crippen molar-refractivity contribution in [1.29, 1.82) is 0 Å². The first-order valence-electron chi connectivity index (χ1n) is 10.4. The zero-order valence-corrected chi connectivity index (χ0v) is 18.7. The Bertz CT molecular complexity index is 1090. The Morgan fingerprint density at radius 1 is 1.10 bits per heavy atom. The van der Waals surface area contributed by atoms with Crippen LogP contribution in [0, 0.1) is 0 Å². The number of carbonyl (C=O) groups excluding carboxylic acids is 2. The quantitative estimate of drug-likeness (QED) is 0.583. The molecule has 1 heterocycles. The second-order valence-electron chi connectivity index (χ2n) is 7.81. The van der Waals surface area contributed by atoms with E-state index in [1.165, 1.54) is 0 Å². The van der Waals surface area contributed by atoms with E-state index in [1.807, 2.05) is 43.3 Å². The van der Waals surface area contributed by atoms with E-state index >= 15 is 0 Å². The maximum Gasteiger partial charge on any atom is 0.336 e. The molecule has 1 N–H and O–H groups in total. The molecule has 4 nitrogen and oxygen atoms in total. The summed E-state index contributed by atoms with van der Waals surface area (Å²) in [5, 5.41) is 4.11. The molecule has 0 saturated carbocycles. The summed E-state index contributed by atoms with van der Waals surface area (Å²) < 4.78 is 5.65. The van der Waals surface area contributed by atoms with Gasteiger partial charge < -0.3 is 10.1 Å². The Balaban J connectivity index is 1.66. The smallest absolute Gasteiger partial charge is 0.336 e. The minimum absolute atomic E-state index is 0.0481. The monoisotopic (exact) mass is 455 g/mol. The van der Waals surface area contributed by atoms with Crippen LogP contribution in [0.1, 0.15) is 43.2 Å². The van der Waals surface area contributed by atoms with Gasteiger partial charge in [0.2, 0.25) is 0 Å². The van der Waals surface area contributed by atoms with Gasteiger partial charge in [0.1, 0.15) is 0 Å². The summed E-state index contributed by atoms with van der Waals surface area (Å²) in [6, 6.07) is 15.1. The van der Waals surface area contributed by atoms with Crippen LogP contribution in [0.2, 0.25) is 10.0 Å². The third-order valence-corrected chi connectivity index (χ3v) is 6.48. The van der Waals surface area contributed by atoms with Crippen LogP contribution in [0.3, 0.4) is 0 Å². The number of allylic oxidation sites excluding steroid dienone is 3. The number of dihydropyridines is 1. The lowest BCUT2D eigenvalue weighted by molar-refractivity contribution is -0.139. The Morgan fingerprint density at radius 2 is 1.87 bits per heavy atom. The standard InChI is InChI=1S/C25H23Cl2NO3/c1-15-22(25(30)31-13-12-16-6-3-2-4-7-16)23(17-10-11-18(26)19(27)14-17)24-20(28-15)8-5-9-21(24)29/h2-4,6-7,10-11,14,23,28H,5,8-9,12-13H2,1H3/t23-/m1/s1. The van der Waals surface area contributed by atoms with E-state index < -0.39 is 11.9 Å². The van der Waals surface area contributed by atoms with Crippen molar-refractivity contribution in [2.45, 2.75) is 38.5 Å². The molecule has 1 aliphatic carbocycles. The number of benzene rings is 2. The zero-order valence-electron chi connectivity index (χ0n) is 17.2. The number of hydrogen-bond acceptors (Lipinski definition) is 4. The van der Waals surface area contributed by atoms with Gasteiger partial charge in [0.15, 0.2) is 5.78 Å². The van der Waals surface area contributed by atoms with Crippen LogP contribution in [-0.2, 0) is 20.7 Å². The lowest BCUT2D eigenvalue weighted by Crippen LogP contribution is -2.34. The molecule has 6 heteroatoms. The second kappa shape index (κ2) is 9.29. The van der Waals surface area contributed by atoms with Crippen molar-refractivity contribution in [3.05, 3.63) is 92.2 Å². The van der Waals surface area contributed by atoms with Gasteiger partial charge in [-0.3, -0.25) is 4.79 Å². The van der Waals surface area contributed by atoms with Gasteiger partial charge in [-0.2, -0.15) is 0 Å². The molecule has 0 spiro atoms. The predicted molar refractivity (Wildman–Crippen MR) is 122 cm³/mol. The minimum Gasteiger partial charge on any atom is -0.462 e. The van der Waals surface area contributed by atoms with Crippen LogP contribution < -0.4 is 5.32 Å². The normalized spacial score (nSPS) is 18.5. The van der Waals surface area contributed by atoms with Crippen LogP contribution in [0.15, 0.2) is 71.1 Å². The van der Waals surface area contributed by atoms with Crippen molar-refractivity contribution < 1.29 is 14.3 Å². The molecule has 0 unspecified atom stereocenters. The molecule has 1 aliphatic heterocycles. The molecule has 0 fully saturated rings. The van der Waals surface area contributed by atoms with Crippen molar-refractivity contribution in [3.63, 3.8) is 0 Å². The summed E-state index contributed by atoms with van der Waals surface area (Å²) in [4.78, 5) is 26.1. The second-order valence-corrected chi connectivity index (χ2v) is 8.63. The minimum atomic E-state index is -0.525. The van der Waals surface area contributed by atoms with Gasteiger partial charge in [-0.05, 0) is 43.0 Å². The van der Waals surface area contributed by atoms with Gasteiger partial charge in [-0.1, -0.05) is 59.6 Å². The van der Waals surface area contributed by atoms with E-state index in [1.54, 1.807) is 12.1 Å². The SMILES string of the molecule is CC1=C(C(=O)OCCc2ccccc2)[C@@H](c2ccc(Cl)c(Cl)c2)C2=C(CCCC2=O)N1. The fraction of sp³-hybridized carbons (Fsp3) is 0.280. The topological polar surface area (TPSA) is 55.4 Å². The summed E-state index contributed by atoms with van der Waals surface area (Å²) >= 11 is 12.4. The van der Waals surface area contributed by atoms with E-state index in [2.05, 4.69) is 5.32 Å². The zero-order chi connectivity index (χ0) is 22.0. The maximum absolute atomic E-state index is 13.2. The lowest BCUT2D eigenvalue weighted by atomic mass is 9.75. The molecular weight excluding hydrogens is 433 g/mol. The summed E-state index contributed by atoms with van der Waals surface area (Å²) in [7, 11) is 0. The molecule has 0 radical (unpaired) electrons. The van der Waals surface area contributed by atoms with Gasteiger partial charge in [0.05, 0.1) is 22.2 Å². The fourth-order valence-corrected chi connectivity index (χ4v) is 4.57. The number of carbonyl (C=O) groups is 2. The summed E-state index contributed by atoms with van der Waals surface area (Å²) in [6.07, 6.45) is 2.65. The van der Waals surface area contributed by atoms with Crippen LogP contribution in [0.25, 0.3) is 0 Å². The molecule has 2 aliphatic rings. The number of nitrogens with one attached hydrogen (secondary N) is 1. The molecular formula is C25H23Cl2NO3. The Labute approximate surface area is 191 Å². The van der Waals surface area contributed by atoms with Crippen molar-refractivity contribution in [2.24, 2.45) is 0 Å². The molecule has 31 heavy (non-hydrogen) atoms. The lowest BCUT2D eigenvalue weighted by Gasteiger charge is -2.34. The number of halogens is 2. The van der Waals surface area contributed by atoms with Crippen LogP contribution in [0.4, 0.5) is 0 Å². The van der Waals surface area contributed by atoms with Gasteiger partial charge in [0, 0.05) is 35.7 Å². The van der Waals surface area contributed by atoms with Crippen LogP contribution >= 0.6 is 23.2 Å². The summed E-state index contributed by atoms with van der Waals surface area (Å²) in [5.74, 6) is -0.906. The molecule has 1 atom stereocenters. The molecule has 2 aromatic rings. The molecule has 0 saturated heterocycles. The first kappa shape index (κ1) is 21.7. The van der Waals surface area contributed by atoms with Gasteiger partial charge >= 0.3 is 5.97 Å². The highest BCUT2D eigenvalue weighted by Gasteiger charge is 2.39. The third-order valence-electron chi connectivity index (χ3n) is 5.74. The van der Waals surface area contributed by atoms with Crippen LogP contribution in [0.5, 0.6) is 0 Å². The number of hydrogen-bond donors (Lipinski definition) is 1. The van der Waals surface area contributed by atoms with E-state index in [9.17, 15) is 9.59 Å². The highest BCUT2D eigenvalue weighted by atomic mass is 35.5. The number of rotatable bonds is 5. The molecule has 0 bridgehead atoms. The molecule has 0 aromatic heterocycles. The van der Waals surface area contributed by atoms with E-state index in [-0.39, 0.29) is 12.4 Å². The Hall–Kier alpha value is -2.56. The van der Waals surface area contributed by atoms with E-state index in [4.69, 9.17) is 27.9 Å². The van der Waals surface area contributed by atoms with Gasteiger partial charge in [-0.25, -0.2) is 4.79 Å². The van der Waals surface area contributed by atoms with Crippen molar-refractivity contribution in [3.8, 4) is 0 Å².